The predicted octanol–water partition coefficient (Wildman–Crippen LogP) is 2.92. The highest BCUT2D eigenvalue weighted by Gasteiger charge is 2.20. The Balaban J connectivity index is 1.82. The molecule has 1 N–H and O–H groups in total. The molecule has 4 rings (SSSR count). The summed E-state index contributed by atoms with van der Waals surface area (Å²) < 4.78 is 3.50. The quantitative estimate of drug-likeness (QED) is 0.772. The molecule has 142 valence electrons. The summed E-state index contributed by atoms with van der Waals surface area (Å²) >= 11 is 0. The van der Waals surface area contributed by atoms with Crippen LogP contribution in [0.25, 0.3) is 22.6 Å². The van der Waals surface area contributed by atoms with Crippen LogP contribution in [0.1, 0.15) is 38.2 Å². The van der Waals surface area contributed by atoms with E-state index in [0.717, 1.165) is 49.2 Å². The second kappa shape index (κ2) is 7.27. The third kappa shape index (κ3) is 3.30. The summed E-state index contributed by atoms with van der Waals surface area (Å²) in [4.78, 5) is 22.3. The molecular formula is C21H27N5O. The van der Waals surface area contributed by atoms with Crippen molar-refractivity contribution in [3.63, 3.8) is 0 Å². The fourth-order valence-corrected chi connectivity index (χ4v) is 4.00. The SMILES string of the molecule is CC(C)c1ccccc1-c1ncc2c(n1)n(CC1CCNCC1)c(=O)n2C. The molecule has 3 heterocycles. The Bertz CT molecular complexity index is 1010. The fourth-order valence-electron chi connectivity index (χ4n) is 4.00. The number of imidazole rings is 1. The lowest BCUT2D eigenvalue weighted by Gasteiger charge is -2.22. The smallest absolute Gasteiger partial charge is 0.317 e. The van der Waals surface area contributed by atoms with Gasteiger partial charge in [-0.3, -0.25) is 9.13 Å². The summed E-state index contributed by atoms with van der Waals surface area (Å²) in [5.74, 6) is 1.58. The van der Waals surface area contributed by atoms with Gasteiger partial charge < -0.3 is 5.32 Å². The maximum absolute atomic E-state index is 12.8. The molecule has 6 nitrogen and oxygen atoms in total. The van der Waals surface area contributed by atoms with Crippen molar-refractivity contribution in [2.75, 3.05) is 13.1 Å². The summed E-state index contributed by atoms with van der Waals surface area (Å²) in [6.07, 6.45) is 3.98. The highest BCUT2D eigenvalue weighted by atomic mass is 16.1. The molecule has 0 spiro atoms. The number of piperidine rings is 1. The molecular weight excluding hydrogens is 338 g/mol. The third-order valence-corrected chi connectivity index (χ3v) is 5.61. The molecule has 1 aliphatic heterocycles. The topological polar surface area (TPSA) is 64.7 Å². The maximum atomic E-state index is 12.8. The first kappa shape index (κ1) is 17.9. The Kier molecular flexibility index (Phi) is 4.83. The second-order valence-electron chi connectivity index (χ2n) is 7.79. The number of aromatic nitrogens is 4. The van der Waals surface area contributed by atoms with Crippen LogP contribution in [0.4, 0.5) is 0 Å². The first-order valence-corrected chi connectivity index (χ1v) is 9.78. The Labute approximate surface area is 159 Å². The van der Waals surface area contributed by atoms with E-state index in [1.165, 1.54) is 5.56 Å². The van der Waals surface area contributed by atoms with E-state index in [2.05, 4.69) is 36.3 Å². The lowest BCUT2D eigenvalue weighted by Crippen LogP contribution is -2.32. The summed E-state index contributed by atoms with van der Waals surface area (Å²) in [6.45, 7) is 7.11. The number of fused-ring (bicyclic) bond motifs is 1. The van der Waals surface area contributed by atoms with Crippen LogP contribution in [-0.2, 0) is 13.6 Å². The van der Waals surface area contributed by atoms with Crippen LogP contribution in [0.3, 0.4) is 0 Å². The van der Waals surface area contributed by atoms with Gasteiger partial charge in [0.25, 0.3) is 0 Å². The van der Waals surface area contributed by atoms with Crippen LogP contribution < -0.4 is 11.0 Å². The van der Waals surface area contributed by atoms with Crippen LogP contribution >= 0.6 is 0 Å². The Morgan fingerprint density at radius 1 is 1.22 bits per heavy atom. The van der Waals surface area contributed by atoms with Crippen molar-refractivity contribution >= 4 is 11.2 Å². The van der Waals surface area contributed by atoms with Gasteiger partial charge in [-0.15, -0.1) is 0 Å². The molecule has 0 saturated carbocycles. The molecule has 0 bridgehead atoms. The van der Waals surface area contributed by atoms with Crippen LogP contribution in [0.2, 0.25) is 0 Å². The highest BCUT2D eigenvalue weighted by Crippen LogP contribution is 2.27. The van der Waals surface area contributed by atoms with Gasteiger partial charge in [-0.05, 0) is 43.3 Å². The molecule has 6 heteroatoms. The van der Waals surface area contributed by atoms with Crippen molar-refractivity contribution in [2.45, 2.75) is 39.2 Å². The average Bonchev–Trinajstić information content (AvgIpc) is 2.93. The molecule has 3 aromatic rings. The molecule has 0 aliphatic carbocycles. The van der Waals surface area contributed by atoms with Gasteiger partial charge in [-0.25, -0.2) is 14.8 Å². The molecule has 1 saturated heterocycles. The van der Waals surface area contributed by atoms with Crippen LogP contribution in [0.5, 0.6) is 0 Å². The van der Waals surface area contributed by atoms with Crippen molar-refractivity contribution in [1.82, 2.24) is 24.4 Å². The lowest BCUT2D eigenvalue weighted by atomic mass is 9.97. The zero-order valence-corrected chi connectivity index (χ0v) is 16.3. The molecule has 0 unspecified atom stereocenters. The number of nitrogens with one attached hydrogen (secondary N) is 1. The number of nitrogens with zero attached hydrogens (tertiary/aromatic N) is 4. The van der Waals surface area contributed by atoms with Crippen molar-refractivity contribution in [1.29, 1.82) is 0 Å². The molecule has 2 aromatic heterocycles. The van der Waals surface area contributed by atoms with E-state index in [9.17, 15) is 4.79 Å². The molecule has 1 aliphatic rings. The van der Waals surface area contributed by atoms with E-state index in [1.54, 1.807) is 17.8 Å². The largest absolute Gasteiger partial charge is 0.330 e. The van der Waals surface area contributed by atoms with Gasteiger partial charge in [0.15, 0.2) is 11.5 Å². The zero-order valence-electron chi connectivity index (χ0n) is 16.3. The average molecular weight is 365 g/mol. The summed E-state index contributed by atoms with van der Waals surface area (Å²) in [7, 11) is 1.80. The van der Waals surface area contributed by atoms with Crippen molar-refractivity contribution in [2.24, 2.45) is 13.0 Å². The fraction of sp³-hybridized carbons (Fsp3) is 0.476. The Morgan fingerprint density at radius 3 is 2.70 bits per heavy atom. The van der Waals surface area contributed by atoms with E-state index < -0.39 is 0 Å². The lowest BCUT2D eigenvalue weighted by molar-refractivity contribution is 0.332. The second-order valence-corrected chi connectivity index (χ2v) is 7.79. The Morgan fingerprint density at radius 2 is 1.96 bits per heavy atom. The molecule has 0 radical (unpaired) electrons. The van der Waals surface area contributed by atoms with E-state index in [4.69, 9.17) is 4.98 Å². The standard InChI is InChI=1S/C21H27N5O/c1-14(2)16-6-4-5-7-17(16)19-23-12-18-20(24-19)26(21(27)25(18)3)13-15-8-10-22-11-9-15/h4-7,12,14-15,22H,8-11,13H2,1-3H3. The number of benzene rings is 1. The maximum Gasteiger partial charge on any atom is 0.330 e. The third-order valence-electron chi connectivity index (χ3n) is 5.61. The van der Waals surface area contributed by atoms with E-state index >= 15 is 0 Å². The summed E-state index contributed by atoms with van der Waals surface area (Å²) in [6, 6.07) is 8.25. The minimum atomic E-state index is -0.00729. The van der Waals surface area contributed by atoms with Gasteiger partial charge in [0.2, 0.25) is 0 Å². The van der Waals surface area contributed by atoms with Gasteiger partial charge in [-0.1, -0.05) is 38.1 Å². The highest BCUT2D eigenvalue weighted by molar-refractivity contribution is 5.74. The first-order valence-electron chi connectivity index (χ1n) is 9.78. The van der Waals surface area contributed by atoms with Gasteiger partial charge in [0.1, 0.15) is 5.52 Å². The van der Waals surface area contributed by atoms with E-state index in [1.807, 2.05) is 16.7 Å². The minimum Gasteiger partial charge on any atom is -0.317 e. The normalized spacial score (nSPS) is 15.7. The number of aryl methyl sites for hydroxylation is 1. The molecule has 27 heavy (non-hydrogen) atoms. The molecule has 1 aromatic carbocycles. The summed E-state index contributed by atoms with van der Waals surface area (Å²) in [5, 5.41) is 3.39. The monoisotopic (exact) mass is 365 g/mol. The van der Waals surface area contributed by atoms with Crippen LogP contribution in [0.15, 0.2) is 35.3 Å². The zero-order chi connectivity index (χ0) is 19.0. The molecule has 0 atom stereocenters. The first-order chi connectivity index (χ1) is 13.1. The van der Waals surface area contributed by atoms with Gasteiger partial charge in [0, 0.05) is 19.2 Å². The van der Waals surface area contributed by atoms with Gasteiger partial charge >= 0.3 is 5.69 Å². The predicted molar refractivity (Wildman–Crippen MR) is 108 cm³/mol. The van der Waals surface area contributed by atoms with Crippen molar-refractivity contribution in [3.8, 4) is 11.4 Å². The van der Waals surface area contributed by atoms with Crippen molar-refractivity contribution < 1.29 is 0 Å². The van der Waals surface area contributed by atoms with Crippen LogP contribution in [-0.4, -0.2) is 32.2 Å². The number of rotatable bonds is 4. The minimum absolute atomic E-state index is 0.00729. The molecule has 0 amide bonds. The van der Waals surface area contributed by atoms with Gasteiger partial charge in [-0.2, -0.15) is 0 Å². The van der Waals surface area contributed by atoms with Gasteiger partial charge in [0.05, 0.1) is 6.20 Å². The van der Waals surface area contributed by atoms with Crippen LogP contribution in [0, 0.1) is 5.92 Å². The van der Waals surface area contributed by atoms with E-state index in [0.29, 0.717) is 17.7 Å². The number of hydrogen-bond donors (Lipinski definition) is 1. The van der Waals surface area contributed by atoms with E-state index in [-0.39, 0.29) is 5.69 Å². The Hall–Kier alpha value is -2.47. The molecule has 1 fully saturated rings. The van der Waals surface area contributed by atoms with Crippen molar-refractivity contribution in [3.05, 3.63) is 46.5 Å². The number of hydrogen-bond acceptors (Lipinski definition) is 4. The summed E-state index contributed by atoms with van der Waals surface area (Å²) in [5.41, 5.74) is 3.79.